The number of aldehydes is 1. The summed E-state index contributed by atoms with van der Waals surface area (Å²) in [7, 11) is -1.12. The van der Waals surface area contributed by atoms with Gasteiger partial charge in [0.1, 0.15) is 12.3 Å². The van der Waals surface area contributed by atoms with Gasteiger partial charge in [0.05, 0.1) is 18.2 Å². The number of benzene rings is 2. The van der Waals surface area contributed by atoms with Gasteiger partial charge in [0.2, 0.25) is 11.8 Å². The highest BCUT2D eigenvalue weighted by molar-refractivity contribution is 6.61. The molecule has 0 fully saturated rings. The van der Waals surface area contributed by atoms with Crippen molar-refractivity contribution in [1.82, 2.24) is 5.32 Å². The summed E-state index contributed by atoms with van der Waals surface area (Å²) >= 11 is 0. The van der Waals surface area contributed by atoms with E-state index in [2.05, 4.69) is 10.6 Å². The number of anilines is 1. The number of carbonyl (C=O) groups excluding carboxylic acids is 3. The fourth-order valence-corrected chi connectivity index (χ4v) is 3.29. The summed E-state index contributed by atoms with van der Waals surface area (Å²) in [6.45, 7) is 0.228. The predicted molar refractivity (Wildman–Crippen MR) is 113 cm³/mol. The molecule has 0 aromatic heterocycles. The van der Waals surface area contributed by atoms with Gasteiger partial charge in [-0.3, -0.25) is 9.59 Å². The van der Waals surface area contributed by atoms with Crippen LogP contribution in [0.4, 0.5) is 18.9 Å². The highest BCUT2D eigenvalue weighted by atomic mass is 19.4. The van der Waals surface area contributed by atoms with E-state index in [1.165, 1.54) is 18.2 Å². The van der Waals surface area contributed by atoms with Crippen LogP contribution in [0, 0.1) is 0 Å². The van der Waals surface area contributed by atoms with Gasteiger partial charge in [0.15, 0.2) is 0 Å². The van der Waals surface area contributed by atoms with Crippen molar-refractivity contribution in [2.45, 2.75) is 37.7 Å². The summed E-state index contributed by atoms with van der Waals surface area (Å²) in [5, 5.41) is 14.9. The van der Waals surface area contributed by atoms with E-state index in [9.17, 15) is 32.6 Å². The quantitative estimate of drug-likeness (QED) is 0.333. The molecule has 0 spiro atoms. The molecule has 0 bridgehead atoms. The number of hydrogen-bond donors (Lipinski definition) is 4. The minimum atomic E-state index is -4.51. The first-order chi connectivity index (χ1) is 15.6. The van der Waals surface area contributed by atoms with Crippen molar-refractivity contribution in [3.8, 4) is 0 Å². The number of amides is 2. The zero-order valence-electron chi connectivity index (χ0n) is 17.3. The summed E-state index contributed by atoms with van der Waals surface area (Å²) in [6, 6.07) is 6.60. The molecule has 12 heteroatoms. The molecule has 0 radical (unpaired) electrons. The lowest BCUT2D eigenvalue weighted by Gasteiger charge is -2.21. The van der Waals surface area contributed by atoms with Gasteiger partial charge in [-0.2, -0.15) is 13.2 Å². The first-order valence-corrected chi connectivity index (χ1v) is 9.97. The molecule has 5 N–H and O–H groups in total. The number of fused-ring (bicyclic) bond motifs is 1. The zero-order valence-corrected chi connectivity index (χ0v) is 17.3. The van der Waals surface area contributed by atoms with Crippen molar-refractivity contribution in [3.05, 3.63) is 59.2 Å². The van der Waals surface area contributed by atoms with Gasteiger partial charge in [-0.25, -0.2) is 0 Å². The maximum Gasteiger partial charge on any atom is 0.491 e. The fraction of sp³-hybridized carbons (Fsp3) is 0.286. The number of nitrogens with one attached hydrogen (secondary N) is 2. The minimum Gasteiger partial charge on any atom is -0.423 e. The minimum absolute atomic E-state index is 0.125. The summed E-state index contributed by atoms with van der Waals surface area (Å²) < 4.78 is 43.6. The first-order valence-electron chi connectivity index (χ1n) is 9.97. The molecule has 8 nitrogen and oxygen atoms in total. The second-order valence-electron chi connectivity index (χ2n) is 7.54. The van der Waals surface area contributed by atoms with Crippen LogP contribution >= 0.6 is 0 Å². The van der Waals surface area contributed by atoms with E-state index in [-0.39, 0.29) is 19.4 Å². The first kappa shape index (κ1) is 24.4. The number of halogens is 3. The van der Waals surface area contributed by atoms with Gasteiger partial charge in [0, 0.05) is 18.5 Å². The number of hydrogen-bond acceptors (Lipinski definition) is 6. The average Bonchev–Trinajstić information content (AvgIpc) is 3.13. The van der Waals surface area contributed by atoms with E-state index in [1.807, 2.05) is 0 Å². The molecule has 174 valence electrons. The van der Waals surface area contributed by atoms with Gasteiger partial charge in [0.25, 0.3) is 0 Å². The summed E-state index contributed by atoms with van der Waals surface area (Å²) in [5.74, 6) is -1.41. The smallest absolute Gasteiger partial charge is 0.423 e. The SMILES string of the molecule is NC(CC=O)C(=O)NC(Cc1ccc(C(F)(F)F)cc1)C(=O)Nc1ccc2c(c1)B(O)OC2. The number of carbonyl (C=O) groups is 3. The standard InChI is InChI=1S/C21H21BF3N3O5/c23-21(24,25)14-4-1-12(2-5-14)9-18(28-19(30)17(26)7-8-29)20(31)27-15-6-3-13-11-33-22(32)16(13)10-15/h1-6,8,10,17-18,32H,7,9,11,26H2,(H,27,31)(H,28,30). The average molecular weight is 463 g/mol. The Morgan fingerprint density at radius 1 is 1.18 bits per heavy atom. The summed E-state index contributed by atoms with van der Waals surface area (Å²) in [6.07, 6.45) is -4.43. The molecular weight excluding hydrogens is 442 g/mol. The monoisotopic (exact) mass is 463 g/mol. The van der Waals surface area contributed by atoms with Crippen LogP contribution in [0.1, 0.15) is 23.1 Å². The molecule has 0 saturated heterocycles. The lowest BCUT2D eigenvalue weighted by atomic mass is 9.79. The Bertz CT molecular complexity index is 1030. The topological polar surface area (TPSA) is 131 Å². The van der Waals surface area contributed by atoms with Gasteiger partial charge in [-0.15, -0.1) is 0 Å². The number of nitrogens with two attached hydrogens (primary N) is 1. The fourth-order valence-electron chi connectivity index (χ4n) is 3.29. The Balaban J connectivity index is 1.78. The van der Waals surface area contributed by atoms with Crippen molar-refractivity contribution < 1.29 is 37.2 Å². The molecule has 2 amide bonds. The Kier molecular flexibility index (Phi) is 7.52. The van der Waals surface area contributed by atoms with Gasteiger partial charge < -0.3 is 30.8 Å². The lowest BCUT2D eigenvalue weighted by Crippen LogP contribution is -2.51. The summed E-state index contributed by atoms with van der Waals surface area (Å²) in [4.78, 5) is 35.9. The molecule has 1 aliphatic heterocycles. The van der Waals surface area contributed by atoms with Crippen LogP contribution in [0.5, 0.6) is 0 Å². The molecule has 3 rings (SSSR count). The molecular formula is C21H21BF3N3O5. The Labute approximate surface area is 187 Å². The van der Waals surface area contributed by atoms with Gasteiger partial charge in [-0.05, 0) is 40.9 Å². The van der Waals surface area contributed by atoms with E-state index in [1.54, 1.807) is 12.1 Å². The molecule has 0 saturated carbocycles. The molecule has 1 heterocycles. The van der Waals surface area contributed by atoms with Crippen molar-refractivity contribution in [1.29, 1.82) is 0 Å². The van der Waals surface area contributed by atoms with E-state index >= 15 is 0 Å². The molecule has 0 aliphatic carbocycles. The maximum atomic E-state index is 12.9. The summed E-state index contributed by atoms with van der Waals surface area (Å²) in [5.41, 5.74) is 6.72. The van der Waals surface area contributed by atoms with E-state index in [0.29, 0.717) is 23.0 Å². The third-order valence-electron chi connectivity index (χ3n) is 5.12. The molecule has 2 atom stereocenters. The van der Waals surface area contributed by atoms with E-state index < -0.39 is 42.8 Å². The second kappa shape index (κ2) is 10.2. The Morgan fingerprint density at radius 3 is 2.52 bits per heavy atom. The van der Waals surface area contributed by atoms with Crippen LogP contribution in [0.25, 0.3) is 0 Å². The zero-order chi connectivity index (χ0) is 24.2. The van der Waals surface area contributed by atoms with Gasteiger partial charge >= 0.3 is 13.3 Å². The van der Waals surface area contributed by atoms with Crippen molar-refractivity contribution in [2.75, 3.05) is 5.32 Å². The predicted octanol–water partition coefficient (Wildman–Crippen LogP) is 0.505. The lowest BCUT2D eigenvalue weighted by molar-refractivity contribution is -0.137. The molecule has 2 aromatic carbocycles. The van der Waals surface area contributed by atoms with Gasteiger partial charge in [-0.1, -0.05) is 18.2 Å². The van der Waals surface area contributed by atoms with Crippen LogP contribution in [-0.2, 0) is 38.2 Å². The number of alkyl halides is 3. The van der Waals surface area contributed by atoms with Crippen LogP contribution in [0.15, 0.2) is 42.5 Å². The molecule has 33 heavy (non-hydrogen) atoms. The Hall–Kier alpha value is -3.22. The van der Waals surface area contributed by atoms with Crippen molar-refractivity contribution in [2.24, 2.45) is 5.73 Å². The van der Waals surface area contributed by atoms with Crippen LogP contribution < -0.4 is 21.8 Å². The Morgan fingerprint density at radius 2 is 1.88 bits per heavy atom. The van der Waals surface area contributed by atoms with E-state index in [4.69, 9.17) is 10.4 Å². The third-order valence-corrected chi connectivity index (χ3v) is 5.12. The normalized spacial score (nSPS) is 14.9. The van der Waals surface area contributed by atoms with Crippen LogP contribution in [0.2, 0.25) is 0 Å². The maximum absolute atomic E-state index is 12.9. The van der Waals surface area contributed by atoms with Crippen LogP contribution in [-0.4, -0.2) is 42.3 Å². The largest absolute Gasteiger partial charge is 0.491 e. The molecule has 2 unspecified atom stereocenters. The molecule has 1 aliphatic rings. The highest BCUT2D eigenvalue weighted by Crippen LogP contribution is 2.29. The van der Waals surface area contributed by atoms with Crippen LogP contribution in [0.3, 0.4) is 0 Å². The van der Waals surface area contributed by atoms with Crippen molar-refractivity contribution in [3.63, 3.8) is 0 Å². The third kappa shape index (κ3) is 6.18. The molecule has 2 aromatic rings. The highest BCUT2D eigenvalue weighted by Gasteiger charge is 2.31. The number of rotatable bonds is 8. The van der Waals surface area contributed by atoms with E-state index in [0.717, 1.165) is 17.7 Å². The second-order valence-corrected chi connectivity index (χ2v) is 7.54. The van der Waals surface area contributed by atoms with Crippen molar-refractivity contribution >= 4 is 36.4 Å².